The summed E-state index contributed by atoms with van der Waals surface area (Å²) in [5.74, 6) is 0.396. The lowest BCUT2D eigenvalue weighted by Gasteiger charge is -2.29. The fourth-order valence-corrected chi connectivity index (χ4v) is 2.45. The molecule has 1 aliphatic heterocycles. The van der Waals surface area contributed by atoms with Crippen LogP contribution in [0.5, 0.6) is 0 Å². The van der Waals surface area contributed by atoms with Crippen molar-refractivity contribution >= 4 is 11.8 Å². The standard InChI is InChI=1S/C14H26N2O3/c1-10(2)8-12-14(18)16(6-5-7-19-4)11(3)9-13(17)15-12/h10-12H,5-9H2,1-4H3,(H,15,17). The highest BCUT2D eigenvalue weighted by molar-refractivity contribution is 5.90. The van der Waals surface area contributed by atoms with Crippen LogP contribution in [-0.2, 0) is 14.3 Å². The Morgan fingerprint density at radius 3 is 2.68 bits per heavy atom. The predicted molar refractivity (Wildman–Crippen MR) is 73.7 cm³/mol. The molecule has 110 valence electrons. The highest BCUT2D eigenvalue weighted by atomic mass is 16.5. The Bertz CT molecular complexity index is 318. The molecule has 5 heteroatoms. The smallest absolute Gasteiger partial charge is 0.245 e. The highest BCUT2D eigenvalue weighted by Gasteiger charge is 2.33. The van der Waals surface area contributed by atoms with Crippen LogP contribution in [0.1, 0.15) is 40.0 Å². The highest BCUT2D eigenvalue weighted by Crippen LogP contribution is 2.16. The van der Waals surface area contributed by atoms with Gasteiger partial charge in [-0.05, 0) is 25.7 Å². The van der Waals surface area contributed by atoms with E-state index < -0.39 is 0 Å². The lowest BCUT2D eigenvalue weighted by Crippen LogP contribution is -2.47. The van der Waals surface area contributed by atoms with Crippen molar-refractivity contribution in [3.8, 4) is 0 Å². The minimum absolute atomic E-state index is 0.0271. The Kier molecular flexibility index (Phi) is 6.28. The Morgan fingerprint density at radius 2 is 2.11 bits per heavy atom. The van der Waals surface area contributed by atoms with Gasteiger partial charge < -0.3 is 15.0 Å². The van der Waals surface area contributed by atoms with Crippen LogP contribution in [0.25, 0.3) is 0 Å². The number of carbonyl (C=O) groups is 2. The maximum atomic E-state index is 12.5. The first-order valence-corrected chi connectivity index (χ1v) is 7.04. The van der Waals surface area contributed by atoms with Gasteiger partial charge in [0.25, 0.3) is 0 Å². The van der Waals surface area contributed by atoms with Gasteiger partial charge in [0.1, 0.15) is 6.04 Å². The Labute approximate surface area is 115 Å². The van der Waals surface area contributed by atoms with E-state index in [4.69, 9.17) is 4.74 Å². The number of nitrogens with one attached hydrogen (secondary N) is 1. The van der Waals surface area contributed by atoms with Crippen LogP contribution < -0.4 is 5.32 Å². The van der Waals surface area contributed by atoms with Gasteiger partial charge in [-0.3, -0.25) is 9.59 Å². The van der Waals surface area contributed by atoms with Crippen molar-refractivity contribution < 1.29 is 14.3 Å². The zero-order valence-corrected chi connectivity index (χ0v) is 12.4. The number of hydrogen-bond donors (Lipinski definition) is 1. The number of hydrogen-bond acceptors (Lipinski definition) is 3. The molecule has 0 aromatic carbocycles. The summed E-state index contributed by atoms with van der Waals surface area (Å²) in [5, 5.41) is 2.85. The molecule has 0 aliphatic carbocycles. The van der Waals surface area contributed by atoms with Crippen LogP contribution in [0.15, 0.2) is 0 Å². The summed E-state index contributed by atoms with van der Waals surface area (Å²) in [4.78, 5) is 26.1. The zero-order chi connectivity index (χ0) is 14.4. The number of amides is 2. The summed E-state index contributed by atoms with van der Waals surface area (Å²) >= 11 is 0. The van der Waals surface area contributed by atoms with Crippen molar-refractivity contribution in [2.24, 2.45) is 5.92 Å². The summed E-state index contributed by atoms with van der Waals surface area (Å²) in [7, 11) is 1.65. The number of nitrogens with zero attached hydrogens (tertiary/aromatic N) is 1. The van der Waals surface area contributed by atoms with Crippen molar-refractivity contribution in [3.63, 3.8) is 0 Å². The molecule has 19 heavy (non-hydrogen) atoms. The SMILES string of the molecule is COCCCN1C(=O)C(CC(C)C)NC(=O)CC1C. The Morgan fingerprint density at radius 1 is 1.42 bits per heavy atom. The topological polar surface area (TPSA) is 58.6 Å². The van der Waals surface area contributed by atoms with Gasteiger partial charge in [-0.1, -0.05) is 13.8 Å². The minimum Gasteiger partial charge on any atom is -0.385 e. The van der Waals surface area contributed by atoms with E-state index in [0.717, 1.165) is 6.42 Å². The van der Waals surface area contributed by atoms with Crippen LogP contribution in [0.3, 0.4) is 0 Å². The molecular formula is C14H26N2O3. The Hall–Kier alpha value is -1.10. The van der Waals surface area contributed by atoms with Crippen molar-refractivity contribution in [1.82, 2.24) is 10.2 Å². The second-order valence-electron chi connectivity index (χ2n) is 5.68. The van der Waals surface area contributed by atoms with E-state index in [-0.39, 0.29) is 23.9 Å². The predicted octanol–water partition coefficient (Wildman–Crippen LogP) is 1.17. The molecule has 0 spiro atoms. The van der Waals surface area contributed by atoms with Gasteiger partial charge in [-0.25, -0.2) is 0 Å². The molecule has 2 amide bonds. The van der Waals surface area contributed by atoms with Crippen molar-refractivity contribution in [3.05, 3.63) is 0 Å². The van der Waals surface area contributed by atoms with Crippen LogP contribution in [-0.4, -0.2) is 49.1 Å². The third kappa shape index (κ3) is 4.82. The molecular weight excluding hydrogens is 244 g/mol. The van der Waals surface area contributed by atoms with Crippen LogP contribution in [0.2, 0.25) is 0 Å². The van der Waals surface area contributed by atoms with Crippen LogP contribution >= 0.6 is 0 Å². The van der Waals surface area contributed by atoms with Crippen molar-refractivity contribution in [2.75, 3.05) is 20.3 Å². The maximum Gasteiger partial charge on any atom is 0.245 e. The molecule has 1 fully saturated rings. The maximum absolute atomic E-state index is 12.5. The van der Waals surface area contributed by atoms with Crippen LogP contribution in [0, 0.1) is 5.92 Å². The van der Waals surface area contributed by atoms with Crippen molar-refractivity contribution in [2.45, 2.75) is 52.1 Å². The average Bonchev–Trinajstić information content (AvgIpc) is 2.40. The first-order chi connectivity index (χ1) is 8.95. The van der Waals surface area contributed by atoms with Gasteiger partial charge in [0.15, 0.2) is 0 Å². The molecule has 0 aromatic heterocycles. The second-order valence-corrected chi connectivity index (χ2v) is 5.68. The molecule has 2 atom stereocenters. The lowest BCUT2D eigenvalue weighted by atomic mass is 10.0. The summed E-state index contributed by atoms with van der Waals surface area (Å²) in [5.41, 5.74) is 0. The van der Waals surface area contributed by atoms with Gasteiger partial charge in [0.2, 0.25) is 11.8 Å². The van der Waals surface area contributed by atoms with Gasteiger partial charge in [-0.2, -0.15) is 0 Å². The largest absolute Gasteiger partial charge is 0.385 e. The van der Waals surface area contributed by atoms with Gasteiger partial charge in [-0.15, -0.1) is 0 Å². The van der Waals surface area contributed by atoms with E-state index in [2.05, 4.69) is 19.2 Å². The Balaban J connectivity index is 2.74. The molecule has 1 saturated heterocycles. The van der Waals surface area contributed by atoms with E-state index in [9.17, 15) is 9.59 Å². The number of methoxy groups -OCH3 is 1. The number of rotatable bonds is 6. The summed E-state index contributed by atoms with van der Waals surface area (Å²) in [6.45, 7) is 7.33. The fourth-order valence-electron chi connectivity index (χ4n) is 2.45. The molecule has 1 rings (SSSR count). The zero-order valence-electron chi connectivity index (χ0n) is 12.4. The van der Waals surface area contributed by atoms with Crippen molar-refractivity contribution in [1.29, 1.82) is 0 Å². The molecule has 1 heterocycles. The summed E-state index contributed by atoms with van der Waals surface area (Å²) in [6, 6.07) is -0.415. The quantitative estimate of drug-likeness (QED) is 0.737. The number of carbonyl (C=O) groups excluding carboxylic acids is 2. The first-order valence-electron chi connectivity index (χ1n) is 7.04. The van der Waals surface area contributed by atoms with Crippen LogP contribution in [0.4, 0.5) is 0 Å². The monoisotopic (exact) mass is 270 g/mol. The first kappa shape index (κ1) is 16.0. The summed E-state index contributed by atoms with van der Waals surface area (Å²) in [6.07, 6.45) is 1.88. The van der Waals surface area contributed by atoms with Gasteiger partial charge in [0.05, 0.1) is 0 Å². The molecule has 2 unspecified atom stereocenters. The average molecular weight is 270 g/mol. The molecule has 0 aromatic rings. The van der Waals surface area contributed by atoms with E-state index in [0.29, 0.717) is 31.9 Å². The second kappa shape index (κ2) is 7.48. The molecule has 0 bridgehead atoms. The summed E-state index contributed by atoms with van der Waals surface area (Å²) < 4.78 is 5.03. The third-order valence-corrected chi connectivity index (χ3v) is 3.38. The van der Waals surface area contributed by atoms with E-state index in [1.165, 1.54) is 0 Å². The molecule has 1 N–H and O–H groups in total. The minimum atomic E-state index is -0.375. The molecule has 1 aliphatic rings. The van der Waals surface area contributed by atoms with Gasteiger partial charge >= 0.3 is 0 Å². The van der Waals surface area contributed by atoms with E-state index in [1.807, 2.05) is 11.8 Å². The normalized spacial score (nSPS) is 24.6. The van der Waals surface area contributed by atoms with Gasteiger partial charge in [0, 0.05) is 32.7 Å². The van der Waals surface area contributed by atoms with E-state index in [1.54, 1.807) is 7.11 Å². The molecule has 0 saturated carbocycles. The molecule has 0 radical (unpaired) electrons. The van der Waals surface area contributed by atoms with E-state index >= 15 is 0 Å². The fraction of sp³-hybridized carbons (Fsp3) is 0.857. The number of ether oxygens (including phenoxy) is 1. The molecule has 5 nitrogen and oxygen atoms in total. The lowest BCUT2D eigenvalue weighted by molar-refractivity contribution is -0.135. The third-order valence-electron chi connectivity index (χ3n) is 3.38.